The monoisotopic (exact) mass is 959 g/mol. The number of alkyl carbamates (subject to hydrolysis) is 2. The summed E-state index contributed by atoms with van der Waals surface area (Å²) in [5.41, 5.74) is 8.95. The first-order chi connectivity index (χ1) is 30.1. The molecule has 21 heteroatoms. The predicted molar refractivity (Wildman–Crippen MR) is 243 cm³/mol. The van der Waals surface area contributed by atoms with Gasteiger partial charge in [0.15, 0.2) is 5.78 Å². The maximum absolute atomic E-state index is 13.7. The Hall–Kier alpha value is -6.61. The topological polar surface area (TPSA) is 235 Å². The number of nitrogens with zero attached hydrogens (tertiary/aromatic N) is 2. The SMILES string of the molecule is C.COC(=O)[C@@H](CCC(=O)c1cc2ncc(F)c(C)c2s1)NC(=O)OCc1ccccc1.COC(=O)[C@@H](CN)NC(=O)OCc1ccccc1.Cc1c(F)cnc2cc(C(=O)O)sc12.Cl. The number of methoxy groups -OCH3 is 2. The second-order valence-electron chi connectivity index (χ2n) is 13.2. The molecule has 2 aromatic carbocycles. The van der Waals surface area contributed by atoms with Crippen LogP contribution < -0.4 is 16.4 Å². The van der Waals surface area contributed by atoms with Gasteiger partial charge in [0.1, 0.15) is 41.8 Å². The Bertz CT molecular complexity index is 2550. The zero-order chi connectivity index (χ0) is 46.1. The minimum atomic E-state index is -1.04. The molecule has 0 bridgehead atoms. The second kappa shape index (κ2) is 26.9. The van der Waals surface area contributed by atoms with E-state index in [-0.39, 0.29) is 63.1 Å². The number of fused-ring (bicyclic) bond motifs is 2. The number of rotatable bonds is 14. The molecule has 5 N–H and O–H groups in total. The van der Waals surface area contributed by atoms with Gasteiger partial charge in [-0.2, -0.15) is 0 Å². The van der Waals surface area contributed by atoms with Gasteiger partial charge in [0.25, 0.3) is 0 Å². The third-order valence-electron chi connectivity index (χ3n) is 8.82. The van der Waals surface area contributed by atoms with Crippen molar-refractivity contribution in [3.63, 3.8) is 0 Å². The van der Waals surface area contributed by atoms with Crippen molar-refractivity contribution < 1.29 is 61.6 Å². The van der Waals surface area contributed by atoms with E-state index in [2.05, 4.69) is 25.3 Å². The van der Waals surface area contributed by atoms with Crippen molar-refractivity contribution in [2.45, 2.75) is 59.4 Å². The number of ketones is 1. The van der Waals surface area contributed by atoms with Crippen molar-refractivity contribution in [3.05, 3.63) is 129 Å². The highest BCUT2D eigenvalue weighted by Gasteiger charge is 2.25. The number of ether oxygens (including phenoxy) is 4. The van der Waals surface area contributed by atoms with Crippen LogP contribution in [-0.2, 0) is 41.8 Å². The Kier molecular flexibility index (Phi) is 22.6. The lowest BCUT2D eigenvalue weighted by atomic mass is 10.1. The summed E-state index contributed by atoms with van der Waals surface area (Å²) in [4.78, 5) is 78.4. The Morgan fingerprint density at radius 2 is 1.12 bits per heavy atom. The summed E-state index contributed by atoms with van der Waals surface area (Å²) < 4.78 is 47.2. The van der Waals surface area contributed by atoms with E-state index in [1.165, 1.54) is 20.3 Å². The number of carbonyl (C=O) groups excluding carboxylic acids is 5. The largest absolute Gasteiger partial charge is 0.477 e. The van der Waals surface area contributed by atoms with Crippen LogP contribution >= 0.6 is 35.1 Å². The number of nitrogens with one attached hydrogen (secondary N) is 2. The third kappa shape index (κ3) is 16.2. The third-order valence-corrected chi connectivity index (χ3v) is 11.3. The molecule has 2 atom stereocenters. The molecule has 0 saturated heterocycles. The summed E-state index contributed by atoms with van der Waals surface area (Å²) in [5, 5.41) is 13.5. The number of esters is 2. The van der Waals surface area contributed by atoms with Gasteiger partial charge in [-0.25, -0.2) is 32.8 Å². The van der Waals surface area contributed by atoms with Gasteiger partial charge in [-0.1, -0.05) is 68.1 Å². The number of aromatic nitrogens is 2. The maximum atomic E-state index is 13.7. The summed E-state index contributed by atoms with van der Waals surface area (Å²) in [6, 6.07) is 19.4. The molecule has 4 aromatic heterocycles. The van der Waals surface area contributed by atoms with Crippen molar-refractivity contribution in [2.24, 2.45) is 5.73 Å². The van der Waals surface area contributed by atoms with E-state index in [1.54, 1.807) is 32.0 Å². The van der Waals surface area contributed by atoms with Crippen LogP contribution in [0, 0.1) is 25.5 Å². The van der Waals surface area contributed by atoms with E-state index < -0.39 is 53.8 Å². The second-order valence-corrected chi connectivity index (χ2v) is 15.3. The average molecular weight is 960 g/mol. The first-order valence-electron chi connectivity index (χ1n) is 18.8. The van der Waals surface area contributed by atoms with Crippen LogP contribution in [0.2, 0.25) is 0 Å². The zero-order valence-corrected chi connectivity index (χ0v) is 37.2. The van der Waals surface area contributed by atoms with E-state index in [9.17, 15) is 37.5 Å². The van der Waals surface area contributed by atoms with E-state index in [0.717, 1.165) is 46.2 Å². The molecule has 0 aliphatic heterocycles. The van der Waals surface area contributed by atoms with Crippen molar-refractivity contribution in [2.75, 3.05) is 20.8 Å². The fourth-order valence-electron chi connectivity index (χ4n) is 5.36. The highest BCUT2D eigenvalue weighted by Crippen LogP contribution is 2.30. The Balaban J connectivity index is 0.000000362. The van der Waals surface area contributed by atoms with Gasteiger partial charge in [-0.15, -0.1) is 35.1 Å². The number of hydrogen-bond acceptors (Lipinski definition) is 15. The summed E-state index contributed by atoms with van der Waals surface area (Å²) in [6.45, 7) is 3.37. The van der Waals surface area contributed by atoms with Crippen LogP contribution in [0.25, 0.3) is 20.4 Å². The lowest BCUT2D eigenvalue weighted by Crippen LogP contribution is -2.46. The smallest absolute Gasteiger partial charge is 0.408 e. The molecule has 0 radical (unpaired) electrons. The van der Waals surface area contributed by atoms with Crippen molar-refractivity contribution >= 4 is 91.4 Å². The van der Waals surface area contributed by atoms with Crippen LogP contribution in [-0.4, -0.2) is 83.8 Å². The van der Waals surface area contributed by atoms with Crippen LogP contribution in [0.3, 0.4) is 0 Å². The number of carbonyl (C=O) groups is 6. The number of thiophene rings is 2. The number of nitrogens with two attached hydrogens (primary N) is 1. The fourth-order valence-corrected chi connectivity index (χ4v) is 7.38. The predicted octanol–water partition coefficient (Wildman–Crippen LogP) is 8.09. The molecular weight excluding hydrogens is 912 g/mol. The number of Topliss-reactive ketones (excluding diaryl/α,β-unsaturated/α-hetero) is 1. The molecule has 0 aliphatic carbocycles. The first kappa shape index (κ1) is 54.5. The minimum absolute atomic E-state index is 0. The number of carboxylic acids is 1. The average Bonchev–Trinajstić information content (AvgIpc) is 3.95. The van der Waals surface area contributed by atoms with E-state index >= 15 is 0 Å². The van der Waals surface area contributed by atoms with Crippen LogP contribution in [0.4, 0.5) is 18.4 Å². The van der Waals surface area contributed by atoms with Gasteiger partial charge < -0.3 is 40.4 Å². The van der Waals surface area contributed by atoms with Crippen molar-refractivity contribution in [1.29, 1.82) is 0 Å². The number of amides is 2. The van der Waals surface area contributed by atoms with Gasteiger partial charge in [0.05, 0.1) is 51.9 Å². The molecule has 0 fully saturated rings. The van der Waals surface area contributed by atoms with Gasteiger partial charge in [0, 0.05) is 24.1 Å². The standard InChI is InChI=1S/C22H21FN2O5S.C12H16N2O4.C9H6FNO2S.CH4.ClH/c1-13-15(23)11-24-17-10-19(31-20(13)17)18(26)9-8-16(21(27)29-2)25-22(28)30-12-14-6-4-3-5-7-14;1-17-11(15)10(7-13)14-12(16)18-8-9-5-3-2-4-6-9;1-4-5(10)3-11-6-2-7(9(12)13)14-8(4)6;;/h3-7,10-11,16H,8-9,12H2,1-2H3,(H,25,28);2-6,10H,7-8,13H2,1H3,(H,14,16);2-3H,1H3,(H,12,13);1H4;1H/t16-;10-;;;/m11.../s1. The zero-order valence-electron chi connectivity index (χ0n) is 34.8. The molecule has 0 unspecified atom stereocenters. The number of hydrogen-bond donors (Lipinski definition) is 4. The van der Waals surface area contributed by atoms with Crippen molar-refractivity contribution in [3.8, 4) is 0 Å². The molecule has 0 saturated carbocycles. The highest BCUT2D eigenvalue weighted by molar-refractivity contribution is 7.21. The molecule has 6 rings (SSSR count). The van der Waals surface area contributed by atoms with E-state index in [1.807, 2.05) is 48.5 Å². The normalized spacial score (nSPS) is 11.1. The number of pyridine rings is 2. The first-order valence-corrected chi connectivity index (χ1v) is 20.4. The molecule has 65 heavy (non-hydrogen) atoms. The Morgan fingerprint density at radius 1 is 0.708 bits per heavy atom. The van der Waals surface area contributed by atoms with E-state index in [0.29, 0.717) is 36.4 Å². The van der Waals surface area contributed by atoms with Gasteiger partial charge in [-0.05, 0) is 43.5 Å². The maximum Gasteiger partial charge on any atom is 0.408 e. The molecule has 16 nitrogen and oxygen atoms in total. The van der Waals surface area contributed by atoms with Crippen LogP contribution in [0.15, 0.2) is 85.2 Å². The van der Waals surface area contributed by atoms with Gasteiger partial charge in [0.2, 0.25) is 0 Å². The van der Waals surface area contributed by atoms with Crippen LogP contribution in [0.1, 0.15) is 61.9 Å². The number of aromatic carboxylic acids is 1. The number of halogens is 3. The quantitative estimate of drug-likeness (QED) is 0.0459. The summed E-state index contributed by atoms with van der Waals surface area (Å²) in [5.74, 6) is -3.37. The Morgan fingerprint density at radius 3 is 1.55 bits per heavy atom. The lowest BCUT2D eigenvalue weighted by molar-refractivity contribution is -0.143. The molecule has 348 valence electrons. The molecule has 4 heterocycles. The van der Waals surface area contributed by atoms with Crippen molar-refractivity contribution in [1.82, 2.24) is 20.6 Å². The van der Waals surface area contributed by atoms with Gasteiger partial charge in [-0.3, -0.25) is 14.8 Å². The molecule has 6 aromatic rings. The molecule has 0 spiro atoms. The lowest BCUT2D eigenvalue weighted by Gasteiger charge is -2.16. The number of carboxylic acid groups (broad SMARTS) is 1. The molecular formula is C44H48ClF2N5O11S2. The van der Waals surface area contributed by atoms with Gasteiger partial charge >= 0.3 is 30.1 Å². The Labute approximate surface area is 386 Å². The number of benzene rings is 2. The summed E-state index contributed by atoms with van der Waals surface area (Å²) in [6.07, 6.45) is 0.740. The summed E-state index contributed by atoms with van der Waals surface area (Å²) in [7, 11) is 2.42. The molecule has 2 amide bonds. The van der Waals surface area contributed by atoms with E-state index in [4.69, 9.17) is 25.1 Å². The number of aryl methyl sites for hydroxylation is 2. The summed E-state index contributed by atoms with van der Waals surface area (Å²) >= 11 is 2.20. The highest BCUT2D eigenvalue weighted by atomic mass is 35.5. The minimum Gasteiger partial charge on any atom is -0.477 e. The molecule has 0 aliphatic rings. The fraction of sp³-hybridized carbons (Fsp3) is 0.273. The van der Waals surface area contributed by atoms with Crippen LogP contribution in [0.5, 0.6) is 0 Å².